The molecule has 33 heavy (non-hydrogen) atoms. The van der Waals surface area contributed by atoms with Crippen LogP contribution in [0.5, 0.6) is 11.5 Å². The Morgan fingerprint density at radius 1 is 0.818 bits per heavy atom. The molecule has 1 aromatic heterocycles. The van der Waals surface area contributed by atoms with E-state index in [1.54, 1.807) is 0 Å². The summed E-state index contributed by atoms with van der Waals surface area (Å²) in [5, 5.41) is 0. The third-order valence-corrected chi connectivity index (χ3v) is 6.37. The highest BCUT2D eigenvalue weighted by molar-refractivity contribution is 5.71. The smallest absolute Gasteiger partial charge is 0.245 e. The summed E-state index contributed by atoms with van der Waals surface area (Å²) in [6.07, 6.45) is 2.22. The predicted molar refractivity (Wildman–Crippen MR) is 130 cm³/mol. The van der Waals surface area contributed by atoms with Gasteiger partial charge in [0.15, 0.2) is 22.5 Å². The molecule has 0 fully saturated rings. The van der Waals surface area contributed by atoms with E-state index in [0.29, 0.717) is 13.2 Å². The largest absolute Gasteiger partial charge is 1.00 e. The fourth-order valence-corrected chi connectivity index (χ4v) is 4.35. The van der Waals surface area contributed by atoms with E-state index in [-0.39, 0.29) is 17.0 Å². The zero-order valence-corrected chi connectivity index (χ0v) is 21.8. The summed E-state index contributed by atoms with van der Waals surface area (Å²) in [6, 6.07) is 18.7. The lowest BCUT2D eigenvalue weighted by Crippen LogP contribution is -3.00. The number of aryl methyl sites for hydroxylation is 2. The zero-order chi connectivity index (χ0) is 22.7. The van der Waals surface area contributed by atoms with E-state index in [2.05, 4.69) is 73.5 Å². The fraction of sp³-hybridized carbons (Fsp3) is 0.321. The van der Waals surface area contributed by atoms with Gasteiger partial charge in [-0.05, 0) is 86.7 Å². The standard InChI is InChI=1S/C28H33N2O2.BrH/c1-6-31-27-13-9-10-14-28(27)32-16-15-29-19-30(26-12-8-7-11-25(26)29)18-24-22(4)20(2)17-21(3)23(24)5;/h7-14,17,19H,6,15-16,18H2,1-5H3;1H/q+1;/p-1. The van der Waals surface area contributed by atoms with Crippen LogP contribution < -0.4 is 31.0 Å². The average Bonchev–Trinajstić information content (AvgIpc) is 3.14. The molecule has 5 heteroatoms. The van der Waals surface area contributed by atoms with Crippen molar-refractivity contribution >= 4 is 11.0 Å². The number of hydrogen-bond donors (Lipinski definition) is 0. The molecule has 0 unspecified atom stereocenters. The van der Waals surface area contributed by atoms with Crippen LogP contribution >= 0.6 is 0 Å². The van der Waals surface area contributed by atoms with E-state index in [4.69, 9.17) is 9.47 Å². The van der Waals surface area contributed by atoms with Gasteiger partial charge in [0.25, 0.3) is 0 Å². The molecule has 0 saturated carbocycles. The summed E-state index contributed by atoms with van der Waals surface area (Å²) >= 11 is 0. The minimum Gasteiger partial charge on any atom is -1.00 e. The average molecular weight is 509 g/mol. The number of halogens is 1. The number of aromatic nitrogens is 2. The molecule has 0 amide bonds. The van der Waals surface area contributed by atoms with E-state index >= 15 is 0 Å². The molecule has 0 aliphatic carbocycles. The van der Waals surface area contributed by atoms with E-state index in [1.165, 1.54) is 38.9 Å². The summed E-state index contributed by atoms with van der Waals surface area (Å²) in [5.41, 5.74) is 9.34. The van der Waals surface area contributed by atoms with Crippen LogP contribution in [0, 0.1) is 27.7 Å². The Morgan fingerprint density at radius 3 is 2.09 bits per heavy atom. The van der Waals surface area contributed by atoms with Gasteiger partial charge < -0.3 is 26.5 Å². The highest BCUT2D eigenvalue weighted by atomic mass is 79.9. The fourth-order valence-electron chi connectivity index (χ4n) is 4.35. The van der Waals surface area contributed by atoms with Crippen molar-refractivity contribution in [3.8, 4) is 11.5 Å². The van der Waals surface area contributed by atoms with Crippen molar-refractivity contribution in [1.82, 2.24) is 4.57 Å². The van der Waals surface area contributed by atoms with Gasteiger partial charge in [-0.2, -0.15) is 0 Å². The zero-order valence-electron chi connectivity index (χ0n) is 20.2. The van der Waals surface area contributed by atoms with Crippen molar-refractivity contribution in [2.24, 2.45) is 0 Å². The van der Waals surface area contributed by atoms with Crippen molar-refractivity contribution in [1.29, 1.82) is 0 Å². The quantitative estimate of drug-likeness (QED) is 0.342. The highest BCUT2D eigenvalue weighted by Crippen LogP contribution is 2.26. The van der Waals surface area contributed by atoms with E-state index < -0.39 is 0 Å². The van der Waals surface area contributed by atoms with Crippen LogP contribution in [0.2, 0.25) is 0 Å². The monoisotopic (exact) mass is 508 g/mol. The normalized spacial score (nSPS) is 10.8. The van der Waals surface area contributed by atoms with Crippen LogP contribution in [0.15, 0.2) is 60.9 Å². The molecule has 4 rings (SSSR count). The Morgan fingerprint density at radius 2 is 1.42 bits per heavy atom. The summed E-state index contributed by atoms with van der Waals surface area (Å²) in [5.74, 6) is 1.59. The minimum absolute atomic E-state index is 0. The SMILES string of the molecule is CCOc1ccccc1OCCn1c[n+](Cc2c(C)c(C)cc(C)c2C)c2ccccc21.[Br-]. The van der Waals surface area contributed by atoms with Crippen molar-refractivity contribution in [3.05, 3.63) is 88.7 Å². The molecule has 4 nitrogen and oxygen atoms in total. The van der Waals surface area contributed by atoms with Gasteiger partial charge in [0.05, 0.1) is 6.61 Å². The number of para-hydroxylation sites is 4. The first-order chi connectivity index (χ1) is 15.5. The second-order valence-corrected chi connectivity index (χ2v) is 8.39. The van der Waals surface area contributed by atoms with Gasteiger partial charge in [0.2, 0.25) is 6.33 Å². The first-order valence-electron chi connectivity index (χ1n) is 11.4. The van der Waals surface area contributed by atoms with Crippen LogP contribution in [-0.4, -0.2) is 17.8 Å². The summed E-state index contributed by atoms with van der Waals surface area (Å²) in [6.45, 7) is 13.7. The van der Waals surface area contributed by atoms with Gasteiger partial charge in [-0.15, -0.1) is 0 Å². The molecular formula is C28H33BrN2O2. The predicted octanol–water partition coefficient (Wildman–Crippen LogP) is 2.69. The summed E-state index contributed by atoms with van der Waals surface area (Å²) in [4.78, 5) is 0. The Balaban J connectivity index is 0.00000306. The summed E-state index contributed by atoms with van der Waals surface area (Å²) < 4.78 is 16.4. The third kappa shape index (κ3) is 5.25. The Kier molecular flexibility index (Phi) is 8.20. The number of imidazole rings is 1. The van der Waals surface area contributed by atoms with E-state index in [1.807, 2.05) is 31.2 Å². The van der Waals surface area contributed by atoms with Crippen molar-refractivity contribution in [2.75, 3.05) is 13.2 Å². The van der Waals surface area contributed by atoms with Crippen LogP contribution in [-0.2, 0) is 13.1 Å². The molecule has 174 valence electrons. The Labute approximate surface area is 207 Å². The van der Waals surface area contributed by atoms with Crippen LogP contribution in [0.4, 0.5) is 0 Å². The maximum Gasteiger partial charge on any atom is 0.245 e. The molecule has 0 saturated heterocycles. The maximum absolute atomic E-state index is 6.08. The van der Waals surface area contributed by atoms with Crippen LogP contribution in [0.25, 0.3) is 11.0 Å². The van der Waals surface area contributed by atoms with Gasteiger partial charge in [-0.25, -0.2) is 9.13 Å². The lowest BCUT2D eigenvalue weighted by atomic mass is 9.94. The van der Waals surface area contributed by atoms with Crippen LogP contribution in [0.1, 0.15) is 34.7 Å². The molecule has 0 radical (unpaired) electrons. The van der Waals surface area contributed by atoms with Gasteiger partial charge in [-0.1, -0.05) is 30.3 Å². The molecule has 0 N–H and O–H groups in total. The van der Waals surface area contributed by atoms with E-state index in [9.17, 15) is 0 Å². The number of ether oxygens (including phenoxy) is 2. The number of benzene rings is 3. The maximum atomic E-state index is 6.08. The highest BCUT2D eigenvalue weighted by Gasteiger charge is 2.18. The molecule has 1 heterocycles. The minimum atomic E-state index is 0. The lowest BCUT2D eigenvalue weighted by Gasteiger charge is -2.14. The molecule has 0 atom stereocenters. The molecule has 0 aliphatic heterocycles. The van der Waals surface area contributed by atoms with Crippen molar-refractivity contribution in [3.63, 3.8) is 0 Å². The van der Waals surface area contributed by atoms with Gasteiger partial charge in [0, 0.05) is 0 Å². The second-order valence-electron chi connectivity index (χ2n) is 8.39. The molecule has 0 aliphatic rings. The molecular weight excluding hydrogens is 476 g/mol. The number of nitrogens with zero attached hydrogens (tertiary/aromatic N) is 2. The van der Waals surface area contributed by atoms with Gasteiger partial charge >= 0.3 is 0 Å². The van der Waals surface area contributed by atoms with Crippen molar-refractivity contribution in [2.45, 2.75) is 47.7 Å². The molecule has 3 aromatic carbocycles. The lowest BCUT2D eigenvalue weighted by molar-refractivity contribution is -0.663. The van der Waals surface area contributed by atoms with Crippen LogP contribution in [0.3, 0.4) is 0 Å². The molecule has 0 spiro atoms. The molecule has 4 aromatic rings. The number of fused-ring (bicyclic) bond motifs is 1. The first kappa shape index (κ1) is 24.8. The first-order valence-corrected chi connectivity index (χ1v) is 11.4. The third-order valence-electron chi connectivity index (χ3n) is 6.37. The van der Waals surface area contributed by atoms with E-state index in [0.717, 1.165) is 24.6 Å². The topological polar surface area (TPSA) is 27.3 Å². The number of rotatable bonds is 8. The van der Waals surface area contributed by atoms with Crippen molar-refractivity contribution < 1.29 is 31.0 Å². The summed E-state index contributed by atoms with van der Waals surface area (Å²) in [7, 11) is 0. The molecule has 0 bridgehead atoms. The Bertz CT molecular complexity index is 1220. The second kappa shape index (κ2) is 10.9. The number of hydrogen-bond acceptors (Lipinski definition) is 2. The van der Waals surface area contributed by atoms with Gasteiger partial charge in [0.1, 0.15) is 19.7 Å². The van der Waals surface area contributed by atoms with Gasteiger partial charge in [-0.3, -0.25) is 0 Å². The Hall–Kier alpha value is -2.79.